The lowest BCUT2D eigenvalue weighted by Gasteiger charge is -2.37. The van der Waals surface area contributed by atoms with E-state index in [1.54, 1.807) is 18.3 Å². The van der Waals surface area contributed by atoms with Crippen molar-refractivity contribution in [1.82, 2.24) is 4.98 Å². The van der Waals surface area contributed by atoms with Crippen LogP contribution in [0.2, 0.25) is 5.15 Å². The summed E-state index contributed by atoms with van der Waals surface area (Å²) in [7, 11) is 0. The van der Waals surface area contributed by atoms with E-state index in [2.05, 4.69) is 4.98 Å². The van der Waals surface area contributed by atoms with Crippen LogP contribution in [0, 0.1) is 5.92 Å². The van der Waals surface area contributed by atoms with Crippen molar-refractivity contribution in [3.63, 3.8) is 0 Å². The van der Waals surface area contributed by atoms with Gasteiger partial charge in [-0.3, -0.25) is 4.79 Å². The molecule has 102 valence electrons. The Kier molecular flexibility index (Phi) is 3.59. The normalized spacial score (nSPS) is 25.6. The van der Waals surface area contributed by atoms with E-state index in [-0.39, 0.29) is 17.3 Å². The second-order valence-electron chi connectivity index (χ2n) is 5.66. The van der Waals surface area contributed by atoms with Crippen molar-refractivity contribution >= 4 is 17.4 Å². The molecule has 1 aliphatic carbocycles. The maximum atomic E-state index is 12.5. The van der Waals surface area contributed by atoms with Crippen LogP contribution in [0.25, 0.3) is 0 Å². The Hall–Kier alpha value is -0.930. The summed E-state index contributed by atoms with van der Waals surface area (Å²) in [5.74, 6) is 0.272. The smallest absolute Gasteiger partial charge is 0.167 e. The van der Waals surface area contributed by atoms with E-state index in [4.69, 9.17) is 16.3 Å². The van der Waals surface area contributed by atoms with Gasteiger partial charge in [-0.2, -0.15) is 0 Å². The van der Waals surface area contributed by atoms with Gasteiger partial charge in [0.1, 0.15) is 5.15 Å². The molecule has 0 aromatic carbocycles. The van der Waals surface area contributed by atoms with E-state index in [9.17, 15) is 4.79 Å². The van der Waals surface area contributed by atoms with E-state index in [0.717, 1.165) is 25.7 Å². The summed E-state index contributed by atoms with van der Waals surface area (Å²) in [6.07, 6.45) is 7.94. The van der Waals surface area contributed by atoms with Gasteiger partial charge in [0.25, 0.3) is 0 Å². The number of rotatable bonds is 2. The average Bonchev–Trinajstić information content (AvgIpc) is 2.87. The molecular formula is C15H18ClNO2. The third-order valence-electron chi connectivity index (χ3n) is 4.39. The summed E-state index contributed by atoms with van der Waals surface area (Å²) in [6, 6.07) is 3.45. The summed E-state index contributed by atoms with van der Waals surface area (Å²) < 4.78 is 5.97. The SMILES string of the molecule is O=C(c1ccc(Cl)nc1)C1CCOC2(CCCC2)C1. The molecule has 0 N–H and O–H groups in total. The number of hydrogen-bond donors (Lipinski definition) is 0. The fourth-order valence-electron chi connectivity index (χ4n) is 3.38. The van der Waals surface area contributed by atoms with Gasteiger partial charge in [0.15, 0.2) is 5.78 Å². The molecule has 1 aromatic heterocycles. The summed E-state index contributed by atoms with van der Waals surface area (Å²) >= 11 is 5.76. The molecule has 0 bridgehead atoms. The van der Waals surface area contributed by atoms with Gasteiger partial charge in [-0.05, 0) is 37.8 Å². The second-order valence-corrected chi connectivity index (χ2v) is 6.05. The van der Waals surface area contributed by atoms with Gasteiger partial charge in [-0.1, -0.05) is 24.4 Å². The molecule has 3 nitrogen and oxygen atoms in total. The predicted molar refractivity (Wildman–Crippen MR) is 73.5 cm³/mol. The molecular weight excluding hydrogens is 262 g/mol. The summed E-state index contributed by atoms with van der Waals surface area (Å²) in [5, 5.41) is 0.427. The number of halogens is 1. The van der Waals surface area contributed by atoms with Gasteiger partial charge in [0, 0.05) is 24.3 Å². The van der Waals surface area contributed by atoms with E-state index in [0.29, 0.717) is 17.3 Å². The van der Waals surface area contributed by atoms with Crippen LogP contribution in [0.15, 0.2) is 18.3 Å². The molecule has 19 heavy (non-hydrogen) atoms. The number of ketones is 1. The monoisotopic (exact) mass is 279 g/mol. The Balaban J connectivity index is 1.74. The molecule has 1 spiro atoms. The maximum absolute atomic E-state index is 12.5. The third-order valence-corrected chi connectivity index (χ3v) is 4.61. The Bertz CT molecular complexity index is 466. The standard InChI is InChI=1S/C15H18ClNO2/c16-13-4-3-12(10-17-13)14(18)11-5-8-19-15(9-11)6-1-2-7-15/h3-4,10-11H,1-2,5-9H2. The van der Waals surface area contributed by atoms with Gasteiger partial charge in [0.05, 0.1) is 5.60 Å². The second kappa shape index (κ2) is 5.22. The van der Waals surface area contributed by atoms with Crippen molar-refractivity contribution in [2.24, 2.45) is 5.92 Å². The number of nitrogens with zero attached hydrogens (tertiary/aromatic N) is 1. The molecule has 1 aliphatic heterocycles. The number of aromatic nitrogens is 1. The molecule has 2 aliphatic rings. The highest BCUT2D eigenvalue weighted by Crippen LogP contribution is 2.42. The summed E-state index contributed by atoms with van der Waals surface area (Å²) in [4.78, 5) is 16.5. The first-order valence-corrected chi connectivity index (χ1v) is 7.36. The lowest BCUT2D eigenvalue weighted by Crippen LogP contribution is -2.39. The van der Waals surface area contributed by atoms with Crippen molar-refractivity contribution in [3.8, 4) is 0 Å². The minimum Gasteiger partial charge on any atom is -0.375 e. The predicted octanol–water partition coefficient (Wildman–Crippen LogP) is 3.66. The van der Waals surface area contributed by atoms with Crippen LogP contribution >= 0.6 is 11.6 Å². The highest BCUT2D eigenvalue weighted by molar-refractivity contribution is 6.29. The lowest BCUT2D eigenvalue weighted by molar-refractivity contribution is -0.0866. The molecule has 3 rings (SSSR count). The topological polar surface area (TPSA) is 39.2 Å². The van der Waals surface area contributed by atoms with E-state index in [1.165, 1.54) is 12.8 Å². The molecule has 1 unspecified atom stereocenters. The Labute approximate surface area is 118 Å². The number of hydrogen-bond acceptors (Lipinski definition) is 3. The van der Waals surface area contributed by atoms with Crippen molar-refractivity contribution in [1.29, 1.82) is 0 Å². The number of carbonyl (C=O) groups excluding carboxylic acids is 1. The largest absolute Gasteiger partial charge is 0.375 e. The molecule has 4 heteroatoms. The van der Waals surface area contributed by atoms with Crippen molar-refractivity contribution < 1.29 is 9.53 Å². The third kappa shape index (κ3) is 2.67. The van der Waals surface area contributed by atoms with Crippen molar-refractivity contribution in [2.75, 3.05) is 6.61 Å². The zero-order valence-electron chi connectivity index (χ0n) is 10.9. The maximum Gasteiger partial charge on any atom is 0.167 e. The quantitative estimate of drug-likeness (QED) is 0.613. The zero-order chi connectivity index (χ0) is 13.3. The van der Waals surface area contributed by atoms with Crippen LogP contribution in [0.3, 0.4) is 0 Å². The molecule has 0 amide bonds. The summed E-state index contributed by atoms with van der Waals surface area (Å²) in [5.41, 5.74) is 0.655. The van der Waals surface area contributed by atoms with Crippen molar-refractivity contribution in [3.05, 3.63) is 29.0 Å². The minimum absolute atomic E-state index is 0.0154. The lowest BCUT2D eigenvalue weighted by atomic mass is 9.81. The molecule has 2 heterocycles. The van der Waals surface area contributed by atoms with Crippen LogP contribution in [0.4, 0.5) is 0 Å². The highest BCUT2D eigenvalue weighted by Gasteiger charge is 2.41. The van der Waals surface area contributed by atoms with Gasteiger partial charge >= 0.3 is 0 Å². The fraction of sp³-hybridized carbons (Fsp3) is 0.600. The molecule has 1 aromatic rings. The Morgan fingerprint density at radius 1 is 1.37 bits per heavy atom. The molecule has 1 saturated carbocycles. The van der Waals surface area contributed by atoms with Crippen LogP contribution < -0.4 is 0 Å². The number of ether oxygens (including phenoxy) is 1. The zero-order valence-corrected chi connectivity index (χ0v) is 11.7. The average molecular weight is 280 g/mol. The molecule has 0 radical (unpaired) electrons. The van der Waals surface area contributed by atoms with Crippen LogP contribution in [-0.4, -0.2) is 23.0 Å². The highest BCUT2D eigenvalue weighted by atomic mass is 35.5. The Morgan fingerprint density at radius 2 is 2.16 bits per heavy atom. The number of Topliss-reactive ketones (excluding diaryl/α,β-unsaturated/α-hetero) is 1. The minimum atomic E-state index is -0.0154. The first-order chi connectivity index (χ1) is 9.19. The van der Waals surface area contributed by atoms with Crippen LogP contribution in [0.5, 0.6) is 0 Å². The van der Waals surface area contributed by atoms with E-state index in [1.807, 2.05) is 0 Å². The fourth-order valence-corrected chi connectivity index (χ4v) is 3.49. The van der Waals surface area contributed by atoms with Crippen LogP contribution in [0.1, 0.15) is 48.9 Å². The van der Waals surface area contributed by atoms with Gasteiger partial charge in [-0.15, -0.1) is 0 Å². The van der Waals surface area contributed by atoms with E-state index >= 15 is 0 Å². The Morgan fingerprint density at radius 3 is 2.84 bits per heavy atom. The van der Waals surface area contributed by atoms with Crippen LogP contribution in [-0.2, 0) is 4.74 Å². The van der Waals surface area contributed by atoms with Gasteiger partial charge < -0.3 is 4.74 Å². The number of carbonyl (C=O) groups is 1. The number of pyridine rings is 1. The molecule has 2 fully saturated rings. The van der Waals surface area contributed by atoms with Gasteiger partial charge in [0.2, 0.25) is 0 Å². The first-order valence-electron chi connectivity index (χ1n) is 6.98. The first kappa shape index (κ1) is 13.1. The summed E-state index contributed by atoms with van der Waals surface area (Å²) in [6.45, 7) is 0.706. The van der Waals surface area contributed by atoms with Crippen molar-refractivity contribution in [2.45, 2.75) is 44.1 Å². The van der Waals surface area contributed by atoms with Gasteiger partial charge in [-0.25, -0.2) is 4.98 Å². The molecule has 1 atom stereocenters. The molecule has 1 saturated heterocycles. The van der Waals surface area contributed by atoms with E-state index < -0.39 is 0 Å².